The molecule has 3 heteroatoms. The van der Waals surface area contributed by atoms with Gasteiger partial charge in [0.2, 0.25) is 0 Å². The van der Waals surface area contributed by atoms with Crippen LogP contribution in [0.5, 0.6) is 5.75 Å². The lowest BCUT2D eigenvalue weighted by Gasteiger charge is -2.03. The molecule has 0 radical (unpaired) electrons. The Kier molecular flexibility index (Phi) is 3.21. The van der Waals surface area contributed by atoms with Crippen molar-refractivity contribution in [2.24, 2.45) is 0 Å². The summed E-state index contributed by atoms with van der Waals surface area (Å²) in [7, 11) is 1.67. The van der Waals surface area contributed by atoms with E-state index in [1.54, 1.807) is 7.11 Å². The zero-order valence-corrected chi connectivity index (χ0v) is 10.1. The number of nitrogens with zero attached hydrogens (tertiary/aromatic N) is 1. The zero-order valence-electron chi connectivity index (χ0n) is 8.53. The fraction of sp³-hybridized carbons (Fsp3) is 0.250. The standard InChI is InChI=1S/C12H12BrNO/c1-15-11-4-5-12-9(8-11)2-3-10(14-12)6-7-13/h2-5,8H,6-7H2,1H3. The van der Waals surface area contributed by atoms with Gasteiger partial charge in [-0.25, -0.2) is 0 Å². The van der Waals surface area contributed by atoms with Crippen molar-refractivity contribution in [3.8, 4) is 5.75 Å². The Morgan fingerprint density at radius 1 is 1.27 bits per heavy atom. The van der Waals surface area contributed by atoms with Gasteiger partial charge in [0.1, 0.15) is 5.75 Å². The van der Waals surface area contributed by atoms with Crippen LogP contribution in [0.3, 0.4) is 0 Å². The van der Waals surface area contributed by atoms with Gasteiger partial charge in [-0.1, -0.05) is 22.0 Å². The molecule has 0 aliphatic heterocycles. The molecule has 2 aromatic rings. The molecule has 0 fully saturated rings. The van der Waals surface area contributed by atoms with E-state index in [1.165, 1.54) is 0 Å². The van der Waals surface area contributed by atoms with Crippen LogP contribution in [0, 0.1) is 0 Å². The number of methoxy groups -OCH3 is 1. The van der Waals surface area contributed by atoms with Gasteiger partial charge in [-0.3, -0.25) is 4.98 Å². The quantitative estimate of drug-likeness (QED) is 0.796. The van der Waals surface area contributed by atoms with E-state index in [9.17, 15) is 0 Å². The number of ether oxygens (including phenoxy) is 1. The van der Waals surface area contributed by atoms with Gasteiger partial charge in [0, 0.05) is 16.4 Å². The predicted octanol–water partition coefficient (Wildman–Crippen LogP) is 3.18. The highest BCUT2D eigenvalue weighted by Crippen LogP contribution is 2.19. The molecule has 0 aliphatic rings. The minimum atomic E-state index is 0.873. The fourth-order valence-corrected chi connectivity index (χ4v) is 1.92. The highest BCUT2D eigenvalue weighted by Gasteiger charge is 1.99. The van der Waals surface area contributed by atoms with E-state index >= 15 is 0 Å². The Labute approximate surface area is 97.4 Å². The molecule has 0 N–H and O–H groups in total. The fourth-order valence-electron chi connectivity index (χ4n) is 1.51. The summed E-state index contributed by atoms with van der Waals surface area (Å²) < 4.78 is 5.16. The van der Waals surface area contributed by atoms with Crippen LogP contribution in [0.15, 0.2) is 30.3 Å². The summed E-state index contributed by atoms with van der Waals surface area (Å²) in [6.07, 6.45) is 0.960. The summed E-state index contributed by atoms with van der Waals surface area (Å²) in [4.78, 5) is 4.55. The van der Waals surface area contributed by atoms with Crippen LogP contribution in [0.1, 0.15) is 5.69 Å². The van der Waals surface area contributed by atoms with E-state index < -0.39 is 0 Å². The lowest BCUT2D eigenvalue weighted by atomic mass is 10.2. The Morgan fingerprint density at radius 3 is 2.87 bits per heavy atom. The van der Waals surface area contributed by atoms with E-state index in [0.29, 0.717) is 0 Å². The second kappa shape index (κ2) is 4.62. The van der Waals surface area contributed by atoms with Crippen LogP contribution in [0.2, 0.25) is 0 Å². The smallest absolute Gasteiger partial charge is 0.119 e. The van der Waals surface area contributed by atoms with Gasteiger partial charge in [-0.2, -0.15) is 0 Å². The first kappa shape index (κ1) is 10.4. The molecule has 0 unspecified atom stereocenters. The number of aryl methyl sites for hydroxylation is 1. The summed E-state index contributed by atoms with van der Waals surface area (Å²) in [6.45, 7) is 0. The third kappa shape index (κ3) is 2.29. The maximum absolute atomic E-state index is 5.16. The molecule has 0 saturated heterocycles. The minimum Gasteiger partial charge on any atom is -0.497 e. The van der Waals surface area contributed by atoms with Crippen molar-refractivity contribution in [1.82, 2.24) is 4.98 Å². The van der Waals surface area contributed by atoms with Crippen LogP contribution in [-0.4, -0.2) is 17.4 Å². The van der Waals surface area contributed by atoms with E-state index in [0.717, 1.165) is 34.1 Å². The number of fused-ring (bicyclic) bond motifs is 1. The van der Waals surface area contributed by atoms with Gasteiger partial charge in [0.05, 0.1) is 12.6 Å². The number of halogens is 1. The molecule has 0 spiro atoms. The van der Waals surface area contributed by atoms with Crippen LogP contribution in [-0.2, 0) is 6.42 Å². The van der Waals surface area contributed by atoms with Gasteiger partial charge in [-0.15, -0.1) is 0 Å². The summed E-state index contributed by atoms with van der Waals surface area (Å²) in [5, 5.41) is 2.06. The molecule has 0 saturated carbocycles. The topological polar surface area (TPSA) is 22.1 Å². The minimum absolute atomic E-state index is 0.873. The molecule has 78 valence electrons. The third-order valence-electron chi connectivity index (χ3n) is 2.30. The predicted molar refractivity (Wildman–Crippen MR) is 65.8 cm³/mol. The van der Waals surface area contributed by atoms with Gasteiger partial charge in [0.25, 0.3) is 0 Å². The monoisotopic (exact) mass is 265 g/mol. The molecule has 0 amide bonds. The molecular weight excluding hydrogens is 254 g/mol. The first-order valence-corrected chi connectivity index (χ1v) is 5.95. The molecule has 1 aromatic carbocycles. The molecule has 1 heterocycles. The van der Waals surface area contributed by atoms with Crippen LogP contribution in [0.4, 0.5) is 0 Å². The molecule has 2 nitrogen and oxygen atoms in total. The number of pyridine rings is 1. The van der Waals surface area contributed by atoms with Crippen molar-refractivity contribution in [1.29, 1.82) is 0 Å². The molecule has 0 aliphatic carbocycles. The van der Waals surface area contributed by atoms with Crippen molar-refractivity contribution < 1.29 is 4.74 Å². The molecular formula is C12H12BrNO. The van der Waals surface area contributed by atoms with E-state index in [2.05, 4.69) is 33.0 Å². The lowest BCUT2D eigenvalue weighted by Crippen LogP contribution is -1.91. The van der Waals surface area contributed by atoms with Crippen LogP contribution in [0.25, 0.3) is 10.9 Å². The van der Waals surface area contributed by atoms with Crippen molar-refractivity contribution in [3.05, 3.63) is 36.0 Å². The molecule has 1 aromatic heterocycles. The summed E-state index contributed by atoms with van der Waals surface area (Å²) in [5.74, 6) is 0.873. The average molecular weight is 266 g/mol. The maximum Gasteiger partial charge on any atom is 0.119 e. The number of alkyl halides is 1. The second-order valence-corrected chi connectivity index (χ2v) is 4.09. The molecule has 0 bridgehead atoms. The highest BCUT2D eigenvalue weighted by atomic mass is 79.9. The first-order chi connectivity index (χ1) is 7.33. The summed E-state index contributed by atoms with van der Waals surface area (Å²) in [5.41, 5.74) is 2.14. The number of rotatable bonds is 3. The highest BCUT2D eigenvalue weighted by molar-refractivity contribution is 9.09. The maximum atomic E-state index is 5.16. The van der Waals surface area contributed by atoms with Crippen LogP contribution < -0.4 is 4.74 Å². The summed E-state index contributed by atoms with van der Waals surface area (Å²) in [6, 6.07) is 10.1. The summed E-state index contributed by atoms with van der Waals surface area (Å²) >= 11 is 3.41. The lowest BCUT2D eigenvalue weighted by molar-refractivity contribution is 0.415. The normalized spacial score (nSPS) is 10.5. The zero-order chi connectivity index (χ0) is 10.7. The largest absolute Gasteiger partial charge is 0.497 e. The SMILES string of the molecule is COc1ccc2nc(CCBr)ccc2c1. The number of hydrogen-bond donors (Lipinski definition) is 0. The van der Waals surface area contributed by atoms with Gasteiger partial charge >= 0.3 is 0 Å². The third-order valence-corrected chi connectivity index (χ3v) is 2.70. The first-order valence-electron chi connectivity index (χ1n) is 4.83. The average Bonchev–Trinajstić information content (AvgIpc) is 2.29. The van der Waals surface area contributed by atoms with Gasteiger partial charge in [-0.05, 0) is 30.7 Å². The van der Waals surface area contributed by atoms with Gasteiger partial charge in [0.15, 0.2) is 0 Å². The molecule has 15 heavy (non-hydrogen) atoms. The van der Waals surface area contributed by atoms with Crippen molar-refractivity contribution >= 4 is 26.8 Å². The van der Waals surface area contributed by atoms with E-state index in [1.807, 2.05) is 18.2 Å². The number of benzene rings is 1. The number of aromatic nitrogens is 1. The van der Waals surface area contributed by atoms with E-state index in [4.69, 9.17) is 4.74 Å². The number of hydrogen-bond acceptors (Lipinski definition) is 2. The van der Waals surface area contributed by atoms with Crippen molar-refractivity contribution in [2.45, 2.75) is 6.42 Å². The van der Waals surface area contributed by atoms with Gasteiger partial charge < -0.3 is 4.74 Å². The van der Waals surface area contributed by atoms with Crippen molar-refractivity contribution in [3.63, 3.8) is 0 Å². The Bertz CT molecular complexity index is 470. The Morgan fingerprint density at radius 2 is 2.13 bits per heavy atom. The Balaban J connectivity index is 2.45. The Hall–Kier alpha value is -1.09. The van der Waals surface area contributed by atoms with Crippen LogP contribution >= 0.6 is 15.9 Å². The van der Waals surface area contributed by atoms with E-state index in [-0.39, 0.29) is 0 Å². The second-order valence-electron chi connectivity index (χ2n) is 3.30. The van der Waals surface area contributed by atoms with Crippen molar-refractivity contribution in [2.75, 3.05) is 12.4 Å². The molecule has 2 rings (SSSR count). The molecule has 0 atom stereocenters.